The van der Waals surface area contributed by atoms with Crippen molar-refractivity contribution < 1.29 is 9.47 Å². The highest BCUT2D eigenvalue weighted by atomic mass is 16.5. The Labute approximate surface area is 108 Å². The van der Waals surface area contributed by atoms with Crippen LogP contribution in [0.3, 0.4) is 0 Å². The summed E-state index contributed by atoms with van der Waals surface area (Å²) < 4.78 is 11.3. The lowest BCUT2D eigenvalue weighted by molar-refractivity contribution is 0.0655. The minimum Gasteiger partial charge on any atom is -0.488 e. The Kier molecular flexibility index (Phi) is 3.81. The van der Waals surface area contributed by atoms with Crippen molar-refractivity contribution in [2.24, 2.45) is 5.92 Å². The summed E-state index contributed by atoms with van der Waals surface area (Å²) in [4.78, 5) is 0. The van der Waals surface area contributed by atoms with Crippen molar-refractivity contribution in [1.82, 2.24) is 5.32 Å². The van der Waals surface area contributed by atoms with Gasteiger partial charge in [-0.25, -0.2) is 0 Å². The van der Waals surface area contributed by atoms with Crippen molar-refractivity contribution in [2.45, 2.75) is 25.4 Å². The molecule has 1 unspecified atom stereocenters. The average Bonchev–Trinajstić information content (AvgIpc) is 2.82. The van der Waals surface area contributed by atoms with E-state index in [1.54, 1.807) is 0 Å². The van der Waals surface area contributed by atoms with Gasteiger partial charge in [0.25, 0.3) is 0 Å². The number of fused-ring (bicyclic) bond motifs is 1. The van der Waals surface area contributed by atoms with E-state index in [0.29, 0.717) is 6.10 Å². The van der Waals surface area contributed by atoms with E-state index in [9.17, 15) is 0 Å². The van der Waals surface area contributed by atoms with Crippen LogP contribution in [0.1, 0.15) is 18.4 Å². The van der Waals surface area contributed by atoms with Crippen LogP contribution in [0.5, 0.6) is 5.75 Å². The predicted octanol–water partition coefficient (Wildman–Crippen LogP) is 2.01. The summed E-state index contributed by atoms with van der Waals surface area (Å²) in [5, 5.41) is 3.55. The zero-order chi connectivity index (χ0) is 12.2. The van der Waals surface area contributed by atoms with Gasteiger partial charge >= 0.3 is 0 Å². The van der Waals surface area contributed by atoms with E-state index in [2.05, 4.69) is 23.5 Å². The zero-order valence-corrected chi connectivity index (χ0v) is 10.7. The number of hydrogen-bond donors (Lipinski definition) is 1. The third kappa shape index (κ3) is 2.85. The molecule has 2 heterocycles. The van der Waals surface area contributed by atoms with Crippen LogP contribution in [0, 0.1) is 5.92 Å². The molecule has 3 rings (SSSR count). The van der Waals surface area contributed by atoms with Crippen molar-refractivity contribution in [3.63, 3.8) is 0 Å². The molecule has 2 aliphatic rings. The number of nitrogens with one attached hydrogen (secondary N) is 1. The van der Waals surface area contributed by atoms with Crippen LogP contribution in [0.15, 0.2) is 24.3 Å². The van der Waals surface area contributed by atoms with E-state index in [-0.39, 0.29) is 0 Å². The van der Waals surface area contributed by atoms with Crippen molar-refractivity contribution in [3.8, 4) is 5.75 Å². The van der Waals surface area contributed by atoms with Crippen molar-refractivity contribution >= 4 is 0 Å². The number of benzene rings is 1. The summed E-state index contributed by atoms with van der Waals surface area (Å²) in [5.74, 6) is 1.85. The van der Waals surface area contributed by atoms with Gasteiger partial charge in [0.15, 0.2) is 0 Å². The molecule has 98 valence electrons. The number of hydrogen-bond acceptors (Lipinski definition) is 3. The van der Waals surface area contributed by atoms with Crippen LogP contribution in [0.25, 0.3) is 0 Å². The van der Waals surface area contributed by atoms with Gasteiger partial charge < -0.3 is 14.8 Å². The van der Waals surface area contributed by atoms with Gasteiger partial charge in [0.1, 0.15) is 11.9 Å². The van der Waals surface area contributed by atoms with Crippen LogP contribution < -0.4 is 10.1 Å². The fourth-order valence-corrected chi connectivity index (χ4v) is 2.77. The summed E-state index contributed by atoms with van der Waals surface area (Å²) in [6.07, 6.45) is 3.73. The average molecular weight is 247 g/mol. The quantitative estimate of drug-likeness (QED) is 0.883. The molecule has 0 radical (unpaired) electrons. The molecule has 1 fully saturated rings. The Bertz CT molecular complexity index is 363. The minimum absolute atomic E-state index is 0.308. The molecule has 0 aromatic heterocycles. The second-order valence-corrected chi connectivity index (χ2v) is 5.27. The molecule has 0 saturated carbocycles. The van der Waals surface area contributed by atoms with Crippen LogP contribution in [-0.4, -0.2) is 32.4 Å². The van der Waals surface area contributed by atoms with E-state index in [1.165, 1.54) is 18.4 Å². The molecule has 1 N–H and O–H groups in total. The van der Waals surface area contributed by atoms with E-state index in [0.717, 1.165) is 44.4 Å². The fourth-order valence-electron chi connectivity index (χ4n) is 2.77. The summed E-state index contributed by atoms with van der Waals surface area (Å²) in [6.45, 7) is 3.90. The highest BCUT2D eigenvalue weighted by Crippen LogP contribution is 2.27. The standard InChI is InChI=1S/C15H21NO2/c1-2-4-15-13(3-1)9-14(18-15)11-16-10-12-5-7-17-8-6-12/h1-4,12,14,16H,5-11H2. The minimum atomic E-state index is 0.308. The Balaban J connectivity index is 1.40. The molecule has 3 nitrogen and oxygen atoms in total. The largest absolute Gasteiger partial charge is 0.488 e. The van der Waals surface area contributed by atoms with Crippen molar-refractivity contribution in [1.29, 1.82) is 0 Å². The number of ether oxygens (including phenoxy) is 2. The van der Waals surface area contributed by atoms with Crippen molar-refractivity contribution in [3.05, 3.63) is 29.8 Å². The first kappa shape index (κ1) is 12.0. The van der Waals surface area contributed by atoms with Crippen LogP contribution in [0.4, 0.5) is 0 Å². The lowest BCUT2D eigenvalue weighted by Gasteiger charge is -2.23. The predicted molar refractivity (Wildman–Crippen MR) is 71.0 cm³/mol. The molecule has 1 aromatic carbocycles. The van der Waals surface area contributed by atoms with Crippen LogP contribution in [-0.2, 0) is 11.2 Å². The molecule has 1 atom stereocenters. The summed E-state index contributed by atoms with van der Waals surface area (Å²) in [7, 11) is 0. The zero-order valence-electron chi connectivity index (χ0n) is 10.7. The molecule has 0 bridgehead atoms. The molecular formula is C15H21NO2. The monoisotopic (exact) mass is 247 g/mol. The van der Waals surface area contributed by atoms with E-state index in [4.69, 9.17) is 9.47 Å². The number of rotatable bonds is 4. The smallest absolute Gasteiger partial charge is 0.123 e. The van der Waals surface area contributed by atoms with Crippen LogP contribution >= 0.6 is 0 Å². The van der Waals surface area contributed by atoms with E-state index >= 15 is 0 Å². The molecule has 0 aliphatic carbocycles. The molecule has 18 heavy (non-hydrogen) atoms. The molecule has 3 heteroatoms. The second-order valence-electron chi connectivity index (χ2n) is 5.27. The van der Waals surface area contributed by atoms with Gasteiger partial charge in [-0.1, -0.05) is 18.2 Å². The maximum atomic E-state index is 5.91. The molecule has 0 spiro atoms. The fraction of sp³-hybridized carbons (Fsp3) is 0.600. The van der Waals surface area contributed by atoms with E-state index in [1.807, 2.05) is 6.07 Å². The third-order valence-electron chi connectivity index (χ3n) is 3.86. The first-order valence-electron chi connectivity index (χ1n) is 6.95. The highest BCUT2D eigenvalue weighted by Gasteiger charge is 2.22. The topological polar surface area (TPSA) is 30.5 Å². The van der Waals surface area contributed by atoms with Gasteiger partial charge in [0.2, 0.25) is 0 Å². The third-order valence-corrected chi connectivity index (χ3v) is 3.86. The molecule has 1 saturated heterocycles. The van der Waals surface area contributed by atoms with Gasteiger partial charge in [-0.15, -0.1) is 0 Å². The summed E-state index contributed by atoms with van der Waals surface area (Å²) >= 11 is 0. The van der Waals surface area contributed by atoms with Gasteiger partial charge in [0.05, 0.1) is 0 Å². The second kappa shape index (κ2) is 5.72. The first-order chi connectivity index (χ1) is 8.92. The maximum absolute atomic E-state index is 5.91. The molecule has 2 aliphatic heterocycles. The van der Waals surface area contributed by atoms with Gasteiger partial charge in [0, 0.05) is 26.2 Å². The summed E-state index contributed by atoms with van der Waals surface area (Å²) in [6, 6.07) is 8.35. The lowest BCUT2D eigenvalue weighted by atomic mass is 10.0. The summed E-state index contributed by atoms with van der Waals surface area (Å²) in [5.41, 5.74) is 1.34. The normalized spacial score (nSPS) is 23.7. The first-order valence-corrected chi connectivity index (χ1v) is 6.95. The Morgan fingerprint density at radius 3 is 2.78 bits per heavy atom. The maximum Gasteiger partial charge on any atom is 0.123 e. The Morgan fingerprint density at radius 2 is 1.94 bits per heavy atom. The van der Waals surface area contributed by atoms with Crippen LogP contribution in [0.2, 0.25) is 0 Å². The van der Waals surface area contributed by atoms with Gasteiger partial charge in [-0.3, -0.25) is 0 Å². The van der Waals surface area contributed by atoms with Gasteiger partial charge in [-0.05, 0) is 36.9 Å². The van der Waals surface area contributed by atoms with E-state index < -0.39 is 0 Å². The van der Waals surface area contributed by atoms with Gasteiger partial charge in [-0.2, -0.15) is 0 Å². The van der Waals surface area contributed by atoms with Crippen molar-refractivity contribution in [2.75, 3.05) is 26.3 Å². The highest BCUT2D eigenvalue weighted by molar-refractivity contribution is 5.37. The lowest BCUT2D eigenvalue weighted by Crippen LogP contribution is -2.35. The Hall–Kier alpha value is -1.06. The Morgan fingerprint density at radius 1 is 1.11 bits per heavy atom. The SMILES string of the molecule is c1ccc2c(c1)CC(CNCC1CCOCC1)O2. The molecule has 0 amide bonds. The molecular weight excluding hydrogens is 226 g/mol. The molecule has 1 aromatic rings. The number of para-hydroxylation sites is 1.